The summed E-state index contributed by atoms with van der Waals surface area (Å²) in [6.45, 7) is 4.23. The van der Waals surface area contributed by atoms with Crippen LogP contribution in [0.4, 0.5) is 11.4 Å². The van der Waals surface area contributed by atoms with E-state index in [1.54, 1.807) is 6.07 Å². The van der Waals surface area contributed by atoms with E-state index < -0.39 is 0 Å². The normalized spacial score (nSPS) is 14.0. The number of carbonyl (C=O) groups is 1. The summed E-state index contributed by atoms with van der Waals surface area (Å²) < 4.78 is 0. The van der Waals surface area contributed by atoms with Gasteiger partial charge in [0.25, 0.3) is 5.91 Å². The Morgan fingerprint density at radius 2 is 1.88 bits per heavy atom. The molecule has 0 unspecified atom stereocenters. The second kappa shape index (κ2) is 6.96. The molecule has 1 N–H and O–H groups in total. The molecule has 0 aliphatic carbocycles. The number of benzene rings is 2. The number of rotatable bonds is 3. The molecular formula is C21H20ClN3O. The van der Waals surface area contributed by atoms with E-state index in [1.807, 2.05) is 37.3 Å². The van der Waals surface area contributed by atoms with Gasteiger partial charge in [0.05, 0.1) is 11.1 Å². The van der Waals surface area contributed by atoms with Gasteiger partial charge in [-0.2, -0.15) is 0 Å². The highest BCUT2D eigenvalue weighted by molar-refractivity contribution is 6.30. The molecule has 5 heteroatoms. The minimum atomic E-state index is -0.178. The Balaban J connectivity index is 1.62. The second-order valence-corrected chi connectivity index (χ2v) is 7.04. The van der Waals surface area contributed by atoms with Crippen molar-refractivity contribution in [1.29, 1.82) is 0 Å². The van der Waals surface area contributed by atoms with Gasteiger partial charge in [0.1, 0.15) is 5.15 Å². The van der Waals surface area contributed by atoms with E-state index in [9.17, 15) is 4.79 Å². The minimum Gasteiger partial charge on any atom is -0.372 e. The molecule has 1 saturated heterocycles. The second-order valence-electron chi connectivity index (χ2n) is 6.66. The number of anilines is 2. The van der Waals surface area contributed by atoms with Crippen LogP contribution in [0, 0.1) is 6.92 Å². The topological polar surface area (TPSA) is 45.2 Å². The first-order valence-corrected chi connectivity index (χ1v) is 9.22. The van der Waals surface area contributed by atoms with Crippen LogP contribution < -0.4 is 10.2 Å². The van der Waals surface area contributed by atoms with E-state index >= 15 is 0 Å². The summed E-state index contributed by atoms with van der Waals surface area (Å²) in [5.41, 5.74) is 4.33. The number of fused-ring (bicyclic) bond motifs is 1. The maximum atomic E-state index is 12.9. The van der Waals surface area contributed by atoms with Crippen LogP contribution in [0.1, 0.15) is 28.8 Å². The fourth-order valence-corrected chi connectivity index (χ4v) is 3.68. The highest BCUT2D eigenvalue weighted by Gasteiger charge is 2.16. The monoisotopic (exact) mass is 365 g/mol. The first-order valence-electron chi connectivity index (χ1n) is 8.84. The molecule has 26 heavy (non-hydrogen) atoms. The maximum Gasteiger partial charge on any atom is 0.256 e. The van der Waals surface area contributed by atoms with E-state index in [0.717, 1.165) is 29.7 Å². The molecule has 1 amide bonds. The molecular weight excluding hydrogens is 346 g/mol. The number of nitrogens with one attached hydrogen (secondary N) is 1. The highest BCUT2D eigenvalue weighted by atomic mass is 35.5. The van der Waals surface area contributed by atoms with Gasteiger partial charge < -0.3 is 10.2 Å². The third kappa shape index (κ3) is 3.25. The predicted octanol–water partition coefficient (Wildman–Crippen LogP) is 5.05. The number of hydrogen-bond donors (Lipinski definition) is 1. The Morgan fingerprint density at radius 3 is 2.65 bits per heavy atom. The smallest absolute Gasteiger partial charge is 0.256 e. The van der Waals surface area contributed by atoms with Crippen LogP contribution in [0.2, 0.25) is 5.15 Å². The summed E-state index contributed by atoms with van der Waals surface area (Å²) >= 11 is 6.10. The lowest BCUT2D eigenvalue weighted by Gasteiger charge is -2.19. The van der Waals surface area contributed by atoms with Gasteiger partial charge in [-0.1, -0.05) is 29.8 Å². The summed E-state index contributed by atoms with van der Waals surface area (Å²) in [6.07, 6.45) is 2.49. The van der Waals surface area contributed by atoms with E-state index in [-0.39, 0.29) is 5.91 Å². The zero-order chi connectivity index (χ0) is 18.1. The number of aromatic nitrogens is 1. The highest BCUT2D eigenvalue weighted by Crippen LogP contribution is 2.27. The lowest BCUT2D eigenvalue weighted by atomic mass is 10.1. The average Bonchev–Trinajstić information content (AvgIpc) is 3.17. The largest absolute Gasteiger partial charge is 0.372 e. The van der Waals surface area contributed by atoms with Crippen LogP contribution in [0.3, 0.4) is 0 Å². The molecule has 0 spiro atoms. The van der Waals surface area contributed by atoms with Crippen molar-refractivity contribution in [1.82, 2.24) is 4.98 Å². The molecule has 2 aromatic carbocycles. The molecule has 4 nitrogen and oxygen atoms in total. The van der Waals surface area contributed by atoms with Crippen molar-refractivity contribution in [3.8, 4) is 0 Å². The Bertz CT molecular complexity index is 980. The average molecular weight is 366 g/mol. The van der Waals surface area contributed by atoms with E-state index in [2.05, 4.69) is 27.3 Å². The van der Waals surface area contributed by atoms with E-state index in [0.29, 0.717) is 16.2 Å². The van der Waals surface area contributed by atoms with Gasteiger partial charge in [-0.05, 0) is 55.7 Å². The van der Waals surface area contributed by atoms with Crippen molar-refractivity contribution < 1.29 is 4.79 Å². The Hall–Kier alpha value is -2.59. The predicted molar refractivity (Wildman–Crippen MR) is 107 cm³/mol. The summed E-state index contributed by atoms with van der Waals surface area (Å²) in [4.78, 5) is 19.5. The molecule has 0 saturated carbocycles. The zero-order valence-corrected chi connectivity index (χ0v) is 15.4. The van der Waals surface area contributed by atoms with E-state index in [4.69, 9.17) is 11.6 Å². The van der Waals surface area contributed by atoms with Crippen LogP contribution in [-0.2, 0) is 0 Å². The van der Waals surface area contributed by atoms with Crippen LogP contribution >= 0.6 is 11.6 Å². The molecule has 1 aliphatic rings. The molecule has 2 heterocycles. The van der Waals surface area contributed by atoms with Crippen LogP contribution in [0.5, 0.6) is 0 Å². The van der Waals surface area contributed by atoms with Gasteiger partial charge in [-0.25, -0.2) is 4.98 Å². The standard InChI is InChI=1S/C21H20ClN3O/c1-14-12-15(25-10-4-5-11-25)8-9-18(14)24-21(26)17-13-20(22)23-19-7-3-2-6-16(17)19/h2-3,6-9,12-13H,4-5,10-11H2,1H3,(H,24,26). The van der Waals surface area contributed by atoms with Crippen molar-refractivity contribution in [2.24, 2.45) is 0 Å². The van der Waals surface area contributed by atoms with Gasteiger partial charge in [0.15, 0.2) is 0 Å². The number of pyridine rings is 1. The molecule has 0 bridgehead atoms. The quantitative estimate of drug-likeness (QED) is 0.660. The third-order valence-corrected chi connectivity index (χ3v) is 5.05. The molecule has 3 aromatic rings. The van der Waals surface area contributed by atoms with Crippen LogP contribution in [0.15, 0.2) is 48.5 Å². The summed E-state index contributed by atoms with van der Waals surface area (Å²) in [5.74, 6) is -0.178. The number of halogens is 1. The fourth-order valence-electron chi connectivity index (χ4n) is 3.48. The zero-order valence-electron chi connectivity index (χ0n) is 14.6. The molecule has 132 valence electrons. The van der Waals surface area contributed by atoms with Crippen molar-refractivity contribution in [2.45, 2.75) is 19.8 Å². The fraction of sp³-hybridized carbons (Fsp3) is 0.238. The number of aryl methyl sites for hydroxylation is 1. The lowest BCUT2D eigenvalue weighted by Crippen LogP contribution is -2.18. The van der Waals surface area contributed by atoms with Crippen molar-refractivity contribution >= 4 is 39.8 Å². The van der Waals surface area contributed by atoms with Crippen LogP contribution in [-0.4, -0.2) is 24.0 Å². The molecule has 4 rings (SSSR count). The molecule has 0 radical (unpaired) electrons. The first kappa shape index (κ1) is 16.9. The number of nitrogens with zero attached hydrogens (tertiary/aromatic N) is 2. The third-order valence-electron chi connectivity index (χ3n) is 4.86. The lowest BCUT2D eigenvalue weighted by molar-refractivity contribution is 0.102. The summed E-state index contributed by atoms with van der Waals surface area (Å²) in [5, 5.41) is 4.13. The van der Waals surface area contributed by atoms with Crippen LogP contribution in [0.25, 0.3) is 10.9 Å². The van der Waals surface area contributed by atoms with Gasteiger partial charge in [-0.15, -0.1) is 0 Å². The van der Waals surface area contributed by atoms with Gasteiger partial charge in [0.2, 0.25) is 0 Å². The molecule has 1 aromatic heterocycles. The summed E-state index contributed by atoms with van der Waals surface area (Å²) in [7, 11) is 0. The van der Waals surface area contributed by atoms with Crippen molar-refractivity contribution in [3.63, 3.8) is 0 Å². The van der Waals surface area contributed by atoms with Crippen molar-refractivity contribution in [2.75, 3.05) is 23.3 Å². The van der Waals surface area contributed by atoms with Crippen molar-refractivity contribution in [3.05, 3.63) is 64.8 Å². The molecule has 1 aliphatic heterocycles. The number of para-hydroxylation sites is 1. The number of carbonyl (C=O) groups excluding carboxylic acids is 1. The van der Waals surface area contributed by atoms with Gasteiger partial charge in [0, 0.05) is 29.9 Å². The first-order chi connectivity index (χ1) is 12.6. The Kier molecular flexibility index (Phi) is 4.51. The minimum absolute atomic E-state index is 0.178. The SMILES string of the molecule is Cc1cc(N2CCCC2)ccc1NC(=O)c1cc(Cl)nc2ccccc12. The maximum absolute atomic E-state index is 12.9. The van der Waals surface area contributed by atoms with Gasteiger partial charge in [-0.3, -0.25) is 4.79 Å². The molecule has 0 atom stereocenters. The summed E-state index contributed by atoms with van der Waals surface area (Å²) in [6, 6.07) is 15.3. The Morgan fingerprint density at radius 1 is 1.12 bits per heavy atom. The van der Waals surface area contributed by atoms with E-state index in [1.165, 1.54) is 18.5 Å². The molecule has 1 fully saturated rings. The number of amides is 1. The number of hydrogen-bond acceptors (Lipinski definition) is 3. The Labute approximate surface area is 157 Å². The van der Waals surface area contributed by atoms with Gasteiger partial charge >= 0.3 is 0 Å².